The monoisotopic (exact) mass is 309 g/mol. The van der Waals surface area contributed by atoms with Crippen molar-refractivity contribution in [1.82, 2.24) is 10.6 Å². The summed E-state index contributed by atoms with van der Waals surface area (Å²) in [5.41, 5.74) is 0.920. The van der Waals surface area contributed by atoms with E-state index in [1.165, 1.54) is 12.1 Å². The molecule has 1 aromatic carbocycles. The molecule has 5 nitrogen and oxygen atoms in total. The van der Waals surface area contributed by atoms with Gasteiger partial charge in [0, 0.05) is 20.1 Å². The highest BCUT2D eigenvalue weighted by Gasteiger charge is 2.05. The highest BCUT2D eigenvalue weighted by atomic mass is 19.1. The number of rotatable bonds is 7. The summed E-state index contributed by atoms with van der Waals surface area (Å²) in [6.45, 7) is 4.71. The lowest BCUT2D eigenvalue weighted by Crippen LogP contribution is -2.39. The molecule has 0 spiro atoms. The van der Waals surface area contributed by atoms with E-state index in [0.717, 1.165) is 5.56 Å². The van der Waals surface area contributed by atoms with Gasteiger partial charge in [-0.25, -0.2) is 4.39 Å². The number of hydrogen-bond donors (Lipinski definition) is 2. The summed E-state index contributed by atoms with van der Waals surface area (Å²) < 4.78 is 18.1. The SMILES string of the molecule is CN=C(NCCC(=O)OC(C)C)NCCc1cccc(F)c1. The topological polar surface area (TPSA) is 62.7 Å². The third-order valence-corrected chi connectivity index (χ3v) is 2.81. The van der Waals surface area contributed by atoms with Gasteiger partial charge >= 0.3 is 5.97 Å². The van der Waals surface area contributed by atoms with Crippen molar-refractivity contribution in [3.05, 3.63) is 35.6 Å². The van der Waals surface area contributed by atoms with Crippen molar-refractivity contribution in [2.24, 2.45) is 4.99 Å². The van der Waals surface area contributed by atoms with Crippen molar-refractivity contribution in [2.75, 3.05) is 20.1 Å². The van der Waals surface area contributed by atoms with Crippen molar-refractivity contribution in [2.45, 2.75) is 32.8 Å². The maximum Gasteiger partial charge on any atom is 0.307 e. The Kier molecular flexibility index (Phi) is 7.96. The maximum absolute atomic E-state index is 13.1. The van der Waals surface area contributed by atoms with Crippen LogP contribution >= 0.6 is 0 Å². The molecule has 0 aromatic heterocycles. The molecule has 22 heavy (non-hydrogen) atoms. The molecular weight excluding hydrogens is 285 g/mol. The first-order valence-electron chi connectivity index (χ1n) is 7.39. The lowest BCUT2D eigenvalue weighted by molar-refractivity contribution is -0.147. The molecule has 0 atom stereocenters. The second-order valence-electron chi connectivity index (χ2n) is 5.09. The average molecular weight is 309 g/mol. The highest BCUT2D eigenvalue weighted by molar-refractivity contribution is 5.80. The van der Waals surface area contributed by atoms with E-state index < -0.39 is 0 Å². The molecule has 1 aromatic rings. The van der Waals surface area contributed by atoms with Crippen LogP contribution in [0.1, 0.15) is 25.8 Å². The summed E-state index contributed by atoms with van der Waals surface area (Å²) in [7, 11) is 1.66. The lowest BCUT2D eigenvalue weighted by atomic mass is 10.1. The Hall–Kier alpha value is -2.11. The molecule has 6 heteroatoms. The molecule has 0 bridgehead atoms. The van der Waals surface area contributed by atoms with Gasteiger partial charge in [-0.1, -0.05) is 12.1 Å². The molecule has 0 aliphatic rings. The summed E-state index contributed by atoms with van der Waals surface area (Å²) in [6, 6.07) is 6.51. The number of nitrogens with one attached hydrogen (secondary N) is 2. The summed E-state index contributed by atoms with van der Waals surface area (Å²) in [4.78, 5) is 15.5. The number of halogens is 1. The van der Waals surface area contributed by atoms with Crippen molar-refractivity contribution in [3.8, 4) is 0 Å². The fourth-order valence-electron chi connectivity index (χ4n) is 1.84. The highest BCUT2D eigenvalue weighted by Crippen LogP contribution is 2.03. The van der Waals surface area contributed by atoms with E-state index >= 15 is 0 Å². The smallest absolute Gasteiger partial charge is 0.307 e. The standard InChI is InChI=1S/C16H24FN3O2/c1-12(2)22-15(21)8-10-20-16(18-3)19-9-7-13-5-4-6-14(17)11-13/h4-6,11-12H,7-10H2,1-3H3,(H2,18,19,20). The Morgan fingerprint density at radius 3 is 2.68 bits per heavy atom. The van der Waals surface area contributed by atoms with Gasteiger partial charge in [-0.2, -0.15) is 0 Å². The number of aliphatic imine (C=N–C) groups is 1. The number of guanidine groups is 1. The number of carbonyl (C=O) groups excluding carboxylic acids is 1. The third kappa shape index (κ3) is 7.61. The number of carbonyl (C=O) groups is 1. The Labute approximate surface area is 131 Å². The van der Waals surface area contributed by atoms with Crippen molar-refractivity contribution in [3.63, 3.8) is 0 Å². The maximum atomic E-state index is 13.1. The van der Waals surface area contributed by atoms with Gasteiger partial charge in [-0.15, -0.1) is 0 Å². The first kappa shape index (κ1) is 17.9. The Morgan fingerprint density at radius 2 is 2.05 bits per heavy atom. The third-order valence-electron chi connectivity index (χ3n) is 2.81. The van der Waals surface area contributed by atoms with Crippen molar-refractivity contribution >= 4 is 11.9 Å². The quantitative estimate of drug-likeness (QED) is 0.458. The zero-order chi connectivity index (χ0) is 16.4. The van der Waals surface area contributed by atoms with Crippen LogP contribution in [0.15, 0.2) is 29.3 Å². The van der Waals surface area contributed by atoms with E-state index in [9.17, 15) is 9.18 Å². The number of ether oxygens (including phenoxy) is 1. The van der Waals surface area contributed by atoms with Gasteiger partial charge in [0.1, 0.15) is 5.82 Å². The molecular formula is C16H24FN3O2. The minimum atomic E-state index is -0.238. The normalized spacial score (nSPS) is 11.4. The van der Waals surface area contributed by atoms with E-state index in [1.807, 2.05) is 19.9 Å². The lowest BCUT2D eigenvalue weighted by Gasteiger charge is -2.12. The second kappa shape index (κ2) is 9.76. The molecule has 0 aliphatic heterocycles. The van der Waals surface area contributed by atoms with Crippen LogP contribution in [0.4, 0.5) is 4.39 Å². The van der Waals surface area contributed by atoms with Crippen LogP contribution in [0.25, 0.3) is 0 Å². The van der Waals surface area contributed by atoms with Gasteiger partial charge in [0.15, 0.2) is 5.96 Å². The van der Waals surface area contributed by atoms with Crippen LogP contribution in [0.5, 0.6) is 0 Å². The van der Waals surface area contributed by atoms with E-state index in [1.54, 1.807) is 13.1 Å². The van der Waals surface area contributed by atoms with Gasteiger partial charge in [-0.3, -0.25) is 9.79 Å². The van der Waals surface area contributed by atoms with Crippen LogP contribution in [-0.2, 0) is 16.0 Å². The number of nitrogens with zero attached hydrogens (tertiary/aromatic N) is 1. The number of esters is 1. The van der Waals surface area contributed by atoms with Crippen LogP contribution in [0.3, 0.4) is 0 Å². The van der Waals surface area contributed by atoms with E-state index in [4.69, 9.17) is 4.74 Å². The van der Waals surface area contributed by atoms with Crippen LogP contribution < -0.4 is 10.6 Å². The molecule has 0 unspecified atom stereocenters. The van der Waals surface area contributed by atoms with E-state index in [-0.39, 0.29) is 24.3 Å². The summed E-state index contributed by atoms with van der Waals surface area (Å²) in [5, 5.41) is 6.15. The molecule has 0 radical (unpaired) electrons. The average Bonchev–Trinajstić information content (AvgIpc) is 2.45. The minimum Gasteiger partial charge on any atom is -0.463 e. The Morgan fingerprint density at radius 1 is 1.32 bits per heavy atom. The van der Waals surface area contributed by atoms with Gasteiger partial charge < -0.3 is 15.4 Å². The molecule has 0 heterocycles. The fourth-order valence-corrected chi connectivity index (χ4v) is 1.84. The number of hydrogen-bond acceptors (Lipinski definition) is 3. The molecule has 0 saturated carbocycles. The molecule has 2 N–H and O–H groups in total. The molecule has 122 valence electrons. The largest absolute Gasteiger partial charge is 0.463 e. The second-order valence-corrected chi connectivity index (χ2v) is 5.09. The fraction of sp³-hybridized carbons (Fsp3) is 0.500. The molecule has 0 fully saturated rings. The number of benzene rings is 1. The van der Waals surface area contributed by atoms with Gasteiger partial charge in [-0.05, 0) is 38.0 Å². The minimum absolute atomic E-state index is 0.101. The summed E-state index contributed by atoms with van der Waals surface area (Å²) in [6.07, 6.45) is 0.868. The summed E-state index contributed by atoms with van der Waals surface area (Å²) >= 11 is 0. The van der Waals surface area contributed by atoms with E-state index in [0.29, 0.717) is 25.5 Å². The molecule has 0 saturated heterocycles. The van der Waals surface area contributed by atoms with Gasteiger partial charge in [0.25, 0.3) is 0 Å². The van der Waals surface area contributed by atoms with Gasteiger partial charge in [0.2, 0.25) is 0 Å². The molecule has 0 amide bonds. The molecule has 1 rings (SSSR count). The van der Waals surface area contributed by atoms with Crippen LogP contribution in [0, 0.1) is 5.82 Å². The van der Waals surface area contributed by atoms with E-state index in [2.05, 4.69) is 15.6 Å². The van der Waals surface area contributed by atoms with Crippen molar-refractivity contribution in [1.29, 1.82) is 0 Å². The Bertz CT molecular complexity index is 504. The summed E-state index contributed by atoms with van der Waals surface area (Å²) in [5.74, 6) is 0.134. The molecule has 0 aliphatic carbocycles. The van der Waals surface area contributed by atoms with Crippen molar-refractivity contribution < 1.29 is 13.9 Å². The first-order valence-corrected chi connectivity index (χ1v) is 7.39. The van der Waals surface area contributed by atoms with Gasteiger partial charge in [0.05, 0.1) is 12.5 Å². The first-order chi connectivity index (χ1) is 10.5. The van der Waals surface area contributed by atoms with Crippen LogP contribution in [-0.4, -0.2) is 38.2 Å². The zero-order valence-corrected chi connectivity index (χ0v) is 13.4. The zero-order valence-electron chi connectivity index (χ0n) is 13.4. The predicted molar refractivity (Wildman–Crippen MR) is 85.3 cm³/mol. The Balaban J connectivity index is 2.24. The van der Waals surface area contributed by atoms with Crippen LogP contribution in [0.2, 0.25) is 0 Å². The predicted octanol–water partition coefficient (Wildman–Crippen LogP) is 1.87.